The van der Waals surface area contributed by atoms with Crippen LogP contribution in [-0.2, 0) is 11.3 Å². The van der Waals surface area contributed by atoms with Crippen molar-refractivity contribution in [3.05, 3.63) is 23.4 Å². The number of nitrogen functional groups attached to an aromatic ring is 1. The summed E-state index contributed by atoms with van der Waals surface area (Å²) in [4.78, 5) is 20.2. The Balaban J connectivity index is 2.26. The number of rotatable bonds is 3. The van der Waals surface area contributed by atoms with Gasteiger partial charge in [0.15, 0.2) is 0 Å². The van der Waals surface area contributed by atoms with Crippen LogP contribution >= 0.6 is 0 Å². The third kappa shape index (κ3) is 3.23. The van der Waals surface area contributed by atoms with Crippen LogP contribution in [0.2, 0.25) is 0 Å². The Hall–Kier alpha value is -1.62. The van der Waals surface area contributed by atoms with Crippen molar-refractivity contribution in [3.8, 4) is 0 Å². The van der Waals surface area contributed by atoms with E-state index in [1.807, 2.05) is 33.3 Å². The fourth-order valence-electron chi connectivity index (χ4n) is 2.54. The number of hydrogen-bond acceptors (Lipinski definition) is 4. The Bertz CT molecular complexity index is 473. The van der Waals surface area contributed by atoms with Gasteiger partial charge in [-0.2, -0.15) is 0 Å². The van der Waals surface area contributed by atoms with E-state index in [2.05, 4.69) is 9.88 Å². The van der Waals surface area contributed by atoms with Crippen LogP contribution in [0.1, 0.15) is 30.0 Å². The third-order valence-electron chi connectivity index (χ3n) is 3.60. The van der Waals surface area contributed by atoms with Crippen molar-refractivity contribution in [1.29, 1.82) is 0 Å². The van der Waals surface area contributed by atoms with Crippen LogP contribution in [0.5, 0.6) is 0 Å². The van der Waals surface area contributed by atoms with E-state index in [0.717, 1.165) is 25.2 Å². The van der Waals surface area contributed by atoms with Crippen molar-refractivity contribution in [3.63, 3.8) is 0 Å². The average molecular weight is 262 g/mol. The summed E-state index contributed by atoms with van der Waals surface area (Å²) in [6, 6.07) is 3.86. The first-order chi connectivity index (χ1) is 8.97. The SMILES string of the molecule is CN(C)Cc1nc(N)ccc1C1CCN(C)C(=O)C1. The second kappa shape index (κ2) is 5.57. The minimum absolute atomic E-state index is 0.212. The van der Waals surface area contributed by atoms with Gasteiger partial charge in [-0.15, -0.1) is 0 Å². The van der Waals surface area contributed by atoms with Crippen LogP contribution in [0, 0.1) is 0 Å². The quantitative estimate of drug-likeness (QED) is 0.885. The Morgan fingerprint density at radius 1 is 1.47 bits per heavy atom. The van der Waals surface area contributed by atoms with Crippen molar-refractivity contribution in [1.82, 2.24) is 14.8 Å². The molecule has 5 heteroatoms. The highest BCUT2D eigenvalue weighted by Gasteiger charge is 2.26. The average Bonchev–Trinajstić information content (AvgIpc) is 2.32. The smallest absolute Gasteiger partial charge is 0.222 e. The Kier molecular flexibility index (Phi) is 4.04. The lowest BCUT2D eigenvalue weighted by Gasteiger charge is -2.30. The van der Waals surface area contributed by atoms with Crippen molar-refractivity contribution in [2.45, 2.75) is 25.3 Å². The van der Waals surface area contributed by atoms with E-state index < -0.39 is 0 Å². The first-order valence-electron chi connectivity index (χ1n) is 6.61. The lowest BCUT2D eigenvalue weighted by atomic mass is 9.88. The summed E-state index contributed by atoms with van der Waals surface area (Å²) in [5.41, 5.74) is 7.94. The fourth-order valence-corrected chi connectivity index (χ4v) is 2.54. The number of carbonyl (C=O) groups excluding carboxylic acids is 1. The monoisotopic (exact) mass is 262 g/mol. The van der Waals surface area contributed by atoms with E-state index in [1.165, 1.54) is 5.56 Å². The van der Waals surface area contributed by atoms with Gasteiger partial charge < -0.3 is 15.5 Å². The van der Waals surface area contributed by atoms with Gasteiger partial charge >= 0.3 is 0 Å². The molecule has 2 rings (SSSR count). The molecule has 19 heavy (non-hydrogen) atoms. The molecule has 1 fully saturated rings. The zero-order valence-corrected chi connectivity index (χ0v) is 11.9. The molecule has 1 saturated heterocycles. The molecule has 0 bridgehead atoms. The minimum Gasteiger partial charge on any atom is -0.384 e. The number of piperidine rings is 1. The van der Waals surface area contributed by atoms with Gasteiger partial charge in [0.1, 0.15) is 5.82 Å². The number of pyridine rings is 1. The van der Waals surface area contributed by atoms with Gasteiger partial charge in [0, 0.05) is 26.6 Å². The predicted octanol–water partition coefficient (Wildman–Crippen LogP) is 1.06. The molecule has 104 valence electrons. The fraction of sp³-hybridized carbons (Fsp3) is 0.571. The molecule has 2 heterocycles. The van der Waals surface area contributed by atoms with Gasteiger partial charge in [0.05, 0.1) is 5.69 Å². The lowest BCUT2D eigenvalue weighted by molar-refractivity contribution is -0.132. The van der Waals surface area contributed by atoms with Crippen molar-refractivity contribution >= 4 is 11.7 Å². The number of carbonyl (C=O) groups is 1. The van der Waals surface area contributed by atoms with Gasteiger partial charge in [-0.05, 0) is 38.1 Å². The molecule has 2 N–H and O–H groups in total. The zero-order valence-electron chi connectivity index (χ0n) is 11.9. The van der Waals surface area contributed by atoms with Crippen LogP contribution < -0.4 is 5.73 Å². The van der Waals surface area contributed by atoms with E-state index >= 15 is 0 Å². The Labute approximate surface area is 114 Å². The molecule has 1 aliphatic rings. The topological polar surface area (TPSA) is 62.5 Å². The van der Waals surface area contributed by atoms with Crippen LogP contribution in [0.4, 0.5) is 5.82 Å². The molecule has 0 spiro atoms. The summed E-state index contributed by atoms with van der Waals surface area (Å²) < 4.78 is 0. The number of anilines is 1. The molecular formula is C14H22N4O. The molecule has 1 aromatic heterocycles. The van der Waals surface area contributed by atoms with Gasteiger partial charge in [0.25, 0.3) is 0 Å². The number of hydrogen-bond donors (Lipinski definition) is 1. The van der Waals surface area contributed by atoms with E-state index in [-0.39, 0.29) is 11.8 Å². The van der Waals surface area contributed by atoms with Gasteiger partial charge in [-0.25, -0.2) is 4.98 Å². The summed E-state index contributed by atoms with van der Waals surface area (Å²) in [7, 11) is 5.88. The molecular weight excluding hydrogens is 240 g/mol. The second-order valence-corrected chi connectivity index (χ2v) is 5.51. The van der Waals surface area contributed by atoms with Gasteiger partial charge in [0.2, 0.25) is 5.91 Å². The number of aromatic nitrogens is 1. The highest BCUT2D eigenvalue weighted by atomic mass is 16.2. The second-order valence-electron chi connectivity index (χ2n) is 5.51. The first-order valence-corrected chi connectivity index (χ1v) is 6.61. The van der Waals surface area contributed by atoms with Crippen LogP contribution in [0.3, 0.4) is 0 Å². The summed E-state index contributed by atoms with van der Waals surface area (Å²) in [6.45, 7) is 1.57. The molecule has 1 aromatic rings. The molecule has 0 aromatic carbocycles. The Morgan fingerprint density at radius 3 is 2.84 bits per heavy atom. The van der Waals surface area contributed by atoms with Crippen molar-refractivity contribution in [2.24, 2.45) is 0 Å². The highest BCUT2D eigenvalue weighted by molar-refractivity contribution is 5.77. The molecule has 1 unspecified atom stereocenters. The van der Waals surface area contributed by atoms with Gasteiger partial charge in [-0.3, -0.25) is 4.79 Å². The standard InChI is InChI=1S/C14H22N4O/c1-17(2)9-12-11(4-5-13(15)16-12)10-6-7-18(3)14(19)8-10/h4-5,10H,6-9H2,1-3H3,(H2,15,16). The zero-order chi connectivity index (χ0) is 14.0. The lowest BCUT2D eigenvalue weighted by Crippen LogP contribution is -2.35. The van der Waals surface area contributed by atoms with Crippen LogP contribution in [0.15, 0.2) is 12.1 Å². The molecule has 0 radical (unpaired) electrons. The van der Waals surface area contributed by atoms with Crippen LogP contribution in [0.25, 0.3) is 0 Å². The molecule has 0 aliphatic carbocycles. The number of nitrogens with two attached hydrogens (primary N) is 1. The van der Waals surface area contributed by atoms with E-state index in [0.29, 0.717) is 12.2 Å². The molecule has 1 aliphatic heterocycles. The minimum atomic E-state index is 0.212. The highest BCUT2D eigenvalue weighted by Crippen LogP contribution is 2.30. The maximum Gasteiger partial charge on any atom is 0.222 e. The normalized spacial score (nSPS) is 20.1. The first kappa shape index (κ1) is 13.8. The molecule has 0 saturated carbocycles. The van der Waals surface area contributed by atoms with Crippen LogP contribution in [-0.4, -0.2) is 48.4 Å². The number of nitrogens with zero attached hydrogens (tertiary/aromatic N) is 3. The van der Waals surface area contributed by atoms with Gasteiger partial charge in [-0.1, -0.05) is 6.07 Å². The summed E-state index contributed by atoms with van der Waals surface area (Å²) in [5.74, 6) is 1.02. The summed E-state index contributed by atoms with van der Waals surface area (Å²) >= 11 is 0. The molecule has 1 atom stereocenters. The van der Waals surface area contributed by atoms with Crippen molar-refractivity contribution < 1.29 is 4.79 Å². The summed E-state index contributed by atoms with van der Waals surface area (Å²) in [6.07, 6.45) is 1.57. The predicted molar refractivity (Wildman–Crippen MR) is 75.7 cm³/mol. The number of likely N-dealkylation sites (tertiary alicyclic amines) is 1. The summed E-state index contributed by atoms with van der Waals surface area (Å²) in [5, 5.41) is 0. The molecule has 5 nitrogen and oxygen atoms in total. The third-order valence-corrected chi connectivity index (χ3v) is 3.60. The number of amides is 1. The van der Waals surface area contributed by atoms with E-state index in [9.17, 15) is 4.79 Å². The largest absolute Gasteiger partial charge is 0.384 e. The maximum atomic E-state index is 11.8. The Morgan fingerprint density at radius 2 is 2.21 bits per heavy atom. The molecule has 1 amide bonds. The van der Waals surface area contributed by atoms with E-state index in [4.69, 9.17) is 5.73 Å². The van der Waals surface area contributed by atoms with Crippen molar-refractivity contribution in [2.75, 3.05) is 33.4 Å². The van der Waals surface area contributed by atoms with E-state index in [1.54, 1.807) is 4.90 Å². The maximum absolute atomic E-state index is 11.8.